The fourth-order valence-electron chi connectivity index (χ4n) is 1.90. The van der Waals surface area contributed by atoms with Crippen LogP contribution < -0.4 is 0 Å². The number of nitro groups is 1. The van der Waals surface area contributed by atoms with Crippen molar-refractivity contribution < 1.29 is 14.5 Å². The Morgan fingerprint density at radius 1 is 1.53 bits per heavy atom. The number of methoxy groups -OCH3 is 1. The summed E-state index contributed by atoms with van der Waals surface area (Å²) in [5, 5.41) is 11.5. The average molecular weight is 327 g/mol. The van der Waals surface area contributed by atoms with Crippen molar-refractivity contribution in [3.63, 3.8) is 0 Å². The fraction of sp³-hybridized carbons (Fsp3) is 0.250. The van der Waals surface area contributed by atoms with E-state index in [1.807, 2.05) is 0 Å². The number of nitro benzene ring substituents is 1. The number of non-ortho nitro benzene ring substituents is 1. The molecule has 2 rings (SSSR count). The first-order valence-electron chi connectivity index (χ1n) is 5.48. The Labute approximate surface area is 117 Å². The lowest BCUT2D eigenvalue weighted by Crippen LogP contribution is -2.21. The number of carbonyl (C=O) groups is 1. The normalized spacial score (nSPS) is 12.3. The summed E-state index contributed by atoms with van der Waals surface area (Å²) >= 11 is 3.23. The van der Waals surface area contributed by atoms with Crippen molar-refractivity contribution >= 4 is 38.5 Å². The number of aromatic nitrogens is 1. The van der Waals surface area contributed by atoms with Crippen molar-refractivity contribution in [1.29, 1.82) is 0 Å². The number of benzene rings is 1. The highest BCUT2D eigenvalue weighted by Crippen LogP contribution is 2.26. The van der Waals surface area contributed by atoms with Gasteiger partial charge in [-0.3, -0.25) is 14.9 Å². The minimum absolute atomic E-state index is 0.0560. The van der Waals surface area contributed by atoms with Gasteiger partial charge in [0.1, 0.15) is 4.83 Å². The van der Waals surface area contributed by atoms with Crippen LogP contribution in [-0.4, -0.2) is 27.4 Å². The molecule has 1 heterocycles. The fourth-order valence-corrected chi connectivity index (χ4v) is 2.40. The molecule has 0 N–H and O–H groups in total. The zero-order chi connectivity index (χ0) is 14.0. The van der Waals surface area contributed by atoms with Crippen LogP contribution in [0.1, 0.15) is 0 Å². The maximum atomic E-state index is 11.4. The highest BCUT2D eigenvalue weighted by atomic mass is 79.9. The highest BCUT2D eigenvalue weighted by molar-refractivity contribution is 9.10. The molecule has 100 valence electrons. The van der Waals surface area contributed by atoms with E-state index in [9.17, 15) is 14.9 Å². The van der Waals surface area contributed by atoms with E-state index in [2.05, 4.69) is 20.7 Å². The smallest absolute Gasteiger partial charge is 0.321 e. The van der Waals surface area contributed by atoms with Gasteiger partial charge in [-0.2, -0.15) is 0 Å². The van der Waals surface area contributed by atoms with Crippen molar-refractivity contribution in [3.05, 3.63) is 40.6 Å². The molecule has 1 atom stereocenters. The topological polar surface area (TPSA) is 74.4 Å². The predicted octanol–water partition coefficient (Wildman–Crippen LogP) is 2.49. The molecule has 0 saturated heterocycles. The van der Waals surface area contributed by atoms with E-state index in [1.54, 1.807) is 29.0 Å². The lowest BCUT2D eigenvalue weighted by Gasteiger charge is -2.09. The summed E-state index contributed by atoms with van der Waals surface area (Å²) in [5.74, 6) is -0.382. The molecule has 1 unspecified atom stereocenters. The van der Waals surface area contributed by atoms with Crippen LogP contribution in [0, 0.1) is 10.1 Å². The SMILES string of the molecule is COC(=O)C(Br)Cn1ccc2c([N+](=O)[O-])cccc21. The molecular weight excluding hydrogens is 316 g/mol. The maximum Gasteiger partial charge on any atom is 0.321 e. The number of carbonyl (C=O) groups excluding carboxylic acids is 1. The monoisotopic (exact) mass is 326 g/mol. The minimum Gasteiger partial charge on any atom is -0.468 e. The number of hydrogen-bond acceptors (Lipinski definition) is 4. The number of fused-ring (bicyclic) bond motifs is 1. The van der Waals surface area contributed by atoms with E-state index < -0.39 is 9.75 Å². The summed E-state index contributed by atoms with van der Waals surface area (Å²) in [7, 11) is 1.31. The molecule has 6 nitrogen and oxygen atoms in total. The molecule has 7 heteroatoms. The van der Waals surface area contributed by atoms with Gasteiger partial charge in [-0.15, -0.1) is 0 Å². The van der Waals surface area contributed by atoms with Crippen LogP contribution in [0.15, 0.2) is 30.5 Å². The molecule has 0 aliphatic rings. The van der Waals surface area contributed by atoms with E-state index >= 15 is 0 Å². The summed E-state index contributed by atoms with van der Waals surface area (Å²) in [4.78, 5) is 21.4. The van der Waals surface area contributed by atoms with E-state index in [-0.39, 0.29) is 11.7 Å². The van der Waals surface area contributed by atoms with Crippen LogP contribution in [0.2, 0.25) is 0 Å². The van der Waals surface area contributed by atoms with Gasteiger partial charge < -0.3 is 9.30 Å². The van der Waals surface area contributed by atoms with Gasteiger partial charge >= 0.3 is 5.97 Å². The van der Waals surface area contributed by atoms with Crippen LogP contribution in [-0.2, 0) is 16.1 Å². The Morgan fingerprint density at radius 2 is 2.26 bits per heavy atom. The van der Waals surface area contributed by atoms with Gasteiger partial charge in [0.25, 0.3) is 5.69 Å². The third-order valence-electron chi connectivity index (χ3n) is 2.80. The van der Waals surface area contributed by atoms with Crippen molar-refractivity contribution in [2.75, 3.05) is 7.11 Å². The lowest BCUT2D eigenvalue weighted by atomic mass is 10.2. The third kappa shape index (κ3) is 2.60. The van der Waals surface area contributed by atoms with Crippen LogP contribution in [0.25, 0.3) is 10.9 Å². The summed E-state index contributed by atoms with van der Waals surface area (Å²) in [6.07, 6.45) is 1.72. The minimum atomic E-state index is -0.493. The van der Waals surface area contributed by atoms with E-state index in [0.29, 0.717) is 17.4 Å². The second-order valence-electron chi connectivity index (χ2n) is 3.93. The molecule has 0 amide bonds. The van der Waals surface area contributed by atoms with Gasteiger partial charge in [-0.05, 0) is 12.1 Å². The number of ether oxygens (including phenoxy) is 1. The van der Waals surface area contributed by atoms with Crippen molar-refractivity contribution in [3.8, 4) is 0 Å². The number of alkyl halides is 1. The first-order chi connectivity index (χ1) is 9.04. The van der Waals surface area contributed by atoms with Crippen LogP contribution in [0.5, 0.6) is 0 Å². The second-order valence-corrected chi connectivity index (χ2v) is 5.03. The molecule has 0 spiro atoms. The largest absolute Gasteiger partial charge is 0.468 e. The molecular formula is C12H11BrN2O4. The molecule has 0 radical (unpaired) electrons. The quantitative estimate of drug-likeness (QED) is 0.374. The standard InChI is InChI=1S/C12H11BrN2O4/c1-19-12(16)9(13)7-14-6-5-8-10(14)3-2-4-11(8)15(17)18/h2-6,9H,7H2,1H3. The number of nitrogens with zero attached hydrogens (tertiary/aromatic N) is 2. The Balaban J connectivity index is 2.39. The van der Waals surface area contributed by atoms with E-state index in [4.69, 9.17) is 0 Å². The number of esters is 1. The third-order valence-corrected chi connectivity index (χ3v) is 3.46. The molecule has 1 aromatic carbocycles. The number of halogens is 1. The molecule has 2 aromatic rings. The zero-order valence-corrected chi connectivity index (χ0v) is 11.7. The van der Waals surface area contributed by atoms with Crippen LogP contribution in [0.3, 0.4) is 0 Å². The summed E-state index contributed by atoms with van der Waals surface area (Å²) in [5.41, 5.74) is 0.767. The summed E-state index contributed by atoms with van der Waals surface area (Å²) < 4.78 is 6.40. The molecule has 0 saturated carbocycles. The Morgan fingerprint density at radius 3 is 2.89 bits per heavy atom. The maximum absolute atomic E-state index is 11.4. The predicted molar refractivity (Wildman–Crippen MR) is 73.3 cm³/mol. The van der Waals surface area contributed by atoms with Crippen molar-refractivity contribution in [2.45, 2.75) is 11.4 Å². The van der Waals surface area contributed by atoms with Crippen LogP contribution in [0.4, 0.5) is 5.69 Å². The van der Waals surface area contributed by atoms with Gasteiger partial charge in [0.2, 0.25) is 0 Å². The zero-order valence-electron chi connectivity index (χ0n) is 10.1. The molecule has 0 bridgehead atoms. The van der Waals surface area contributed by atoms with Gasteiger partial charge in [0, 0.05) is 18.8 Å². The van der Waals surface area contributed by atoms with Crippen molar-refractivity contribution in [2.24, 2.45) is 0 Å². The van der Waals surface area contributed by atoms with Gasteiger partial charge in [-0.1, -0.05) is 22.0 Å². The second kappa shape index (κ2) is 5.40. The average Bonchev–Trinajstić information content (AvgIpc) is 2.80. The molecule has 1 aromatic heterocycles. The van der Waals surface area contributed by atoms with Gasteiger partial charge in [-0.25, -0.2) is 0 Å². The van der Waals surface area contributed by atoms with Crippen LogP contribution >= 0.6 is 15.9 Å². The first-order valence-corrected chi connectivity index (χ1v) is 6.40. The van der Waals surface area contributed by atoms with Gasteiger partial charge in [0.15, 0.2) is 0 Å². The molecule has 0 fully saturated rings. The Kier molecular flexibility index (Phi) is 3.84. The highest BCUT2D eigenvalue weighted by Gasteiger charge is 2.19. The van der Waals surface area contributed by atoms with Crippen molar-refractivity contribution in [1.82, 2.24) is 4.57 Å². The number of rotatable bonds is 4. The Hall–Kier alpha value is -1.89. The van der Waals surface area contributed by atoms with E-state index in [1.165, 1.54) is 13.2 Å². The molecule has 0 aliphatic carbocycles. The first kappa shape index (κ1) is 13.5. The lowest BCUT2D eigenvalue weighted by molar-refractivity contribution is -0.383. The molecule has 0 aliphatic heterocycles. The number of hydrogen-bond donors (Lipinski definition) is 0. The Bertz CT molecular complexity index is 638. The van der Waals surface area contributed by atoms with E-state index in [0.717, 1.165) is 0 Å². The van der Waals surface area contributed by atoms with Gasteiger partial charge in [0.05, 0.1) is 22.9 Å². The molecule has 19 heavy (non-hydrogen) atoms. The summed E-state index contributed by atoms with van der Waals surface area (Å²) in [6.45, 7) is 0.345. The summed E-state index contributed by atoms with van der Waals surface area (Å²) in [6, 6.07) is 6.53.